The van der Waals surface area contributed by atoms with E-state index in [4.69, 9.17) is 4.74 Å². The van der Waals surface area contributed by atoms with E-state index in [9.17, 15) is 14.4 Å². The van der Waals surface area contributed by atoms with Gasteiger partial charge in [0.2, 0.25) is 11.7 Å². The Labute approximate surface area is 156 Å². The molecule has 1 amide bonds. The topological polar surface area (TPSA) is 63.7 Å². The number of hydrogen-bond donors (Lipinski definition) is 0. The Bertz CT molecular complexity index is 870. The van der Waals surface area contributed by atoms with Crippen LogP contribution < -0.4 is 4.90 Å². The van der Waals surface area contributed by atoms with Crippen molar-refractivity contribution in [2.75, 3.05) is 18.1 Å². The minimum absolute atomic E-state index is 0.0964. The molecule has 1 atom stereocenters. The Hall–Kier alpha value is -2.47. The van der Waals surface area contributed by atoms with Gasteiger partial charge in [-0.1, -0.05) is 12.1 Å². The predicted octanol–water partition coefficient (Wildman–Crippen LogP) is 3.45. The Morgan fingerprint density at radius 1 is 1.19 bits per heavy atom. The molecule has 2 aromatic rings. The molecular formula is C20H21NO4S. The molecule has 1 aromatic heterocycles. The maximum absolute atomic E-state index is 12.4. The van der Waals surface area contributed by atoms with E-state index < -0.39 is 11.9 Å². The molecule has 1 aliphatic rings. The molecule has 6 heteroatoms. The zero-order chi connectivity index (χ0) is 18.8. The van der Waals surface area contributed by atoms with Gasteiger partial charge in [0.1, 0.15) is 0 Å². The Morgan fingerprint density at radius 3 is 2.65 bits per heavy atom. The van der Waals surface area contributed by atoms with E-state index in [2.05, 4.69) is 0 Å². The monoisotopic (exact) mass is 371 g/mol. The number of aryl methyl sites for hydroxylation is 2. The molecule has 0 unspecified atom stereocenters. The van der Waals surface area contributed by atoms with Crippen LogP contribution in [0.25, 0.3) is 0 Å². The van der Waals surface area contributed by atoms with E-state index in [1.165, 1.54) is 11.3 Å². The fourth-order valence-corrected chi connectivity index (χ4v) is 3.83. The maximum Gasteiger partial charge on any atom is 0.311 e. The van der Waals surface area contributed by atoms with Crippen molar-refractivity contribution in [3.8, 4) is 0 Å². The molecular weight excluding hydrogens is 350 g/mol. The quantitative estimate of drug-likeness (QED) is 0.596. The van der Waals surface area contributed by atoms with Gasteiger partial charge in [0, 0.05) is 23.5 Å². The lowest BCUT2D eigenvalue weighted by Crippen LogP contribution is -2.27. The summed E-state index contributed by atoms with van der Waals surface area (Å²) in [5, 5.41) is 0. The van der Waals surface area contributed by atoms with Gasteiger partial charge in [-0.05, 0) is 50.1 Å². The number of ether oxygens (including phenoxy) is 1. The number of esters is 1. The minimum atomic E-state index is -0.541. The second-order valence-corrected chi connectivity index (χ2v) is 7.85. The number of carbonyl (C=O) groups excluding carboxylic acids is 3. The lowest BCUT2D eigenvalue weighted by molar-refractivity contribution is -0.147. The lowest BCUT2D eigenvalue weighted by Gasteiger charge is -2.20. The Kier molecular flexibility index (Phi) is 5.23. The number of anilines is 1. The number of benzene rings is 1. The molecule has 2 heterocycles. The largest absolute Gasteiger partial charge is 0.457 e. The average molecular weight is 371 g/mol. The molecule has 0 bridgehead atoms. The molecule has 1 fully saturated rings. The highest BCUT2D eigenvalue weighted by Gasteiger charge is 2.37. The van der Waals surface area contributed by atoms with Crippen LogP contribution in [0, 0.1) is 26.7 Å². The van der Waals surface area contributed by atoms with Crippen molar-refractivity contribution in [3.05, 3.63) is 51.2 Å². The normalized spacial score (nSPS) is 16.8. The first-order valence-electron chi connectivity index (χ1n) is 8.49. The van der Waals surface area contributed by atoms with Gasteiger partial charge in [-0.3, -0.25) is 14.4 Å². The zero-order valence-corrected chi connectivity index (χ0v) is 15.9. The van der Waals surface area contributed by atoms with Crippen LogP contribution in [0.3, 0.4) is 0 Å². The summed E-state index contributed by atoms with van der Waals surface area (Å²) in [5.74, 6) is -1.35. The molecule has 26 heavy (non-hydrogen) atoms. The van der Waals surface area contributed by atoms with Gasteiger partial charge in [-0.2, -0.15) is 0 Å². The number of hydrogen-bond acceptors (Lipinski definition) is 5. The lowest BCUT2D eigenvalue weighted by atomic mass is 10.1. The molecule has 0 aliphatic carbocycles. The van der Waals surface area contributed by atoms with E-state index in [-0.39, 0.29) is 31.3 Å². The summed E-state index contributed by atoms with van der Waals surface area (Å²) >= 11 is 1.38. The smallest absolute Gasteiger partial charge is 0.311 e. The summed E-state index contributed by atoms with van der Waals surface area (Å²) in [6.45, 7) is 5.87. The maximum atomic E-state index is 12.4. The molecule has 1 aliphatic heterocycles. The first-order chi connectivity index (χ1) is 12.4. The minimum Gasteiger partial charge on any atom is -0.457 e. The Morgan fingerprint density at radius 2 is 1.96 bits per heavy atom. The van der Waals surface area contributed by atoms with Crippen LogP contribution in [0.2, 0.25) is 0 Å². The summed E-state index contributed by atoms with van der Waals surface area (Å²) < 4.78 is 5.18. The van der Waals surface area contributed by atoms with Gasteiger partial charge in [-0.25, -0.2) is 0 Å². The SMILES string of the molecule is Cc1ccc(C(=O)COC(=O)[C@H]2CC(=O)N(c3cccc(C)c3C)C2)s1. The van der Waals surface area contributed by atoms with Gasteiger partial charge in [0.15, 0.2) is 6.61 Å². The molecule has 136 valence electrons. The summed E-state index contributed by atoms with van der Waals surface area (Å²) in [6.07, 6.45) is 0.110. The van der Waals surface area contributed by atoms with Gasteiger partial charge in [0.05, 0.1) is 10.8 Å². The molecule has 0 spiro atoms. The molecule has 0 radical (unpaired) electrons. The highest BCUT2D eigenvalue weighted by Crippen LogP contribution is 2.30. The third-order valence-corrected chi connectivity index (χ3v) is 5.73. The summed E-state index contributed by atoms with van der Waals surface area (Å²) in [7, 11) is 0. The molecule has 0 saturated carbocycles. The average Bonchev–Trinajstić information content (AvgIpc) is 3.21. The van der Waals surface area contributed by atoms with Crippen LogP contribution in [0.15, 0.2) is 30.3 Å². The van der Waals surface area contributed by atoms with E-state index in [1.54, 1.807) is 11.0 Å². The fraction of sp³-hybridized carbons (Fsp3) is 0.350. The first-order valence-corrected chi connectivity index (χ1v) is 9.31. The van der Waals surface area contributed by atoms with Crippen molar-refractivity contribution >= 4 is 34.7 Å². The van der Waals surface area contributed by atoms with Crippen LogP contribution in [0.5, 0.6) is 0 Å². The third kappa shape index (κ3) is 3.70. The number of Topliss-reactive ketones (excluding diaryl/α,β-unsaturated/α-hetero) is 1. The number of rotatable bonds is 5. The zero-order valence-electron chi connectivity index (χ0n) is 15.1. The predicted molar refractivity (Wildman–Crippen MR) is 101 cm³/mol. The van der Waals surface area contributed by atoms with Gasteiger partial charge in [0.25, 0.3) is 0 Å². The van der Waals surface area contributed by atoms with E-state index in [1.807, 2.05) is 45.0 Å². The first kappa shape index (κ1) is 18.3. The van der Waals surface area contributed by atoms with Crippen LogP contribution in [0.4, 0.5) is 5.69 Å². The summed E-state index contributed by atoms with van der Waals surface area (Å²) in [6, 6.07) is 9.37. The number of amides is 1. The second-order valence-electron chi connectivity index (χ2n) is 6.57. The van der Waals surface area contributed by atoms with Gasteiger partial charge < -0.3 is 9.64 Å². The van der Waals surface area contributed by atoms with Crippen molar-refractivity contribution in [3.63, 3.8) is 0 Å². The summed E-state index contributed by atoms with van der Waals surface area (Å²) in [4.78, 5) is 40.0. The van der Waals surface area contributed by atoms with Crippen LogP contribution in [0.1, 0.15) is 32.1 Å². The third-order valence-electron chi connectivity index (χ3n) is 4.69. The van der Waals surface area contributed by atoms with Crippen molar-refractivity contribution in [1.82, 2.24) is 0 Å². The van der Waals surface area contributed by atoms with Gasteiger partial charge in [-0.15, -0.1) is 11.3 Å². The van der Waals surface area contributed by atoms with Crippen LogP contribution >= 0.6 is 11.3 Å². The fourth-order valence-electron chi connectivity index (χ4n) is 3.04. The summed E-state index contributed by atoms with van der Waals surface area (Å²) in [5.41, 5.74) is 2.95. The molecule has 0 N–H and O–H groups in total. The van der Waals surface area contributed by atoms with Crippen molar-refractivity contribution in [1.29, 1.82) is 0 Å². The van der Waals surface area contributed by atoms with E-state index in [0.29, 0.717) is 4.88 Å². The van der Waals surface area contributed by atoms with Crippen LogP contribution in [-0.2, 0) is 14.3 Å². The second kappa shape index (κ2) is 7.41. The van der Waals surface area contributed by atoms with Crippen LogP contribution in [-0.4, -0.2) is 30.8 Å². The molecule has 5 nitrogen and oxygen atoms in total. The van der Waals surface area contributed by atoms with Gasteiger partial charge >= 0.3 is 5.97 Å². The standard InChI is InChI=1S/C20H21NO4S/c1-12-5-4-6-16(14(12)3)21-10-15(9-19(21)23)20(24)25-11-17(22)18-8-7-13(2)26-18/h4-8,15H,9-11H2,1-3H3/t15-/m0/s1. The van der Waals surface area contributed by atoms with Crippen molar-refractivity contribution < 1.29 is 19.1 Å². The highest BCUT2D eigenvalue weighted by atomic mass is 32.1. The van der Waals surface area contributed by atoms with E-state index >= 15 is 0 Å². The Balaban J connectivity index is 1.62. The van der Waals surface area contributed by atoms with Crippen molar-refractivity contribution in [2.45, 2.75) is 27.2 Å². The highest BCUT2D eigenvalue weighted by molar-refractivity contribution is 7.14. The number of ketones is 1. The number of nitrogens with zero attached hydrogens (tertiary/aromatic N) is 1. The number of carbonyl (C=O) groups is 3. The number of thiophene rings is 1. The van der Waals surface area contributed by atoms with E-state index in [0.717, 1.165) is 21.7 Å². The molecule has 3 rings (SSSR count). The molecule has 1 aromatic carbocycles. The van der Waals surface area contributed by atoms with Crippen molar-refractivity contribution in [2.24, 2.45) is 5.92 Å². The molecule has 1 saturated heterocycles.